The second-order valence-corrected chi connectivity index (χ2v) is 30.5. The van der Waals surface area contributed by atoms with Crippen LogP contribution in [0.4, 0.5) is 0 Å². The Morgan fingerprint density at radius 2 is 0.505 bits per heavy atom. The number of unbranched alkanes of at least 4 members (excludes halogenated alkanes) is 47. The zero-order valence-electron chi connectivity index (χ0n) is 61.8. The summed E-state index contributed by atoms with van der Waals surface area (Å²) in [5, 5.41) is 10.6. The monoisotopic (exact) mass is 1400 g/mol. The van der Waals surface area contributed by atoms with Gasteiger partial charge in [0, 0.05) is 25.7 Å². The van der Waals surface area contributed by atoms with Crippen molar-refractivity contribution < 1.29 is 80.2 Å². The maximum atomic E-state index is 13.1. The predicted molar refractivity (Wildman–Crippen MR) is 386 cm³/mol. The van der Waals surface area contributed by atoms with Crippen LogP contribution in [0.15, 0.2) is 0 Å². The highest BCUT2D eigenvalue weighted by molar-refractivity contribution is 7.47. The van der Waals surface area contributed by atoms with Gasteiger partial charge in [0.25, 0.3) is 0 Å². The standard InChI is InChI=1S/C76H148O17P2/c1-6-10-13-16-19-22-24-26-28-30-32-34-40-45-50-55-60-74(79)87-66-72(92-75(80)61-56-51-46-41-35-33-31-29-27-25-23-20-17-14-11-7-2)68-91-95(84,85)89-64-70(77)63-88-94(82,83)90-67-71(65-86-73(78)59-54-49-44-38-21-18-15-12-8-3)93-76(81)62-57-52-47-42-37-36-39-43-48-53-58-69(5)9-4/h69-72,77H,6-68H2,1-5H3,(H,82,83)(H,84,85)/t69?,70-,71+,72+/m0/s1. The normalized spacial score (nSPS) is 14.2. The highest BCUT2D eigenvalue weighted by atomic mass is 31.2. The van der Waals surface area contributed by atoms with Crippen molar-refractivity contribution in [1.82, 2.24) is 0 Å². The van der Waals surface area contributed by atoms with Gasteiger partial charge in [-0.25, -0.2) is 9.13 Å². The van der Waals surface area contributed by atoms with E-state index in [-0.39, 0.29) is 25.7 Å². The summed E-state index contributed by atoms with van der Waals surface area (Å²) in [6, 6.07) is 0. The molecule has 0 radical (unpaired) electrons. The number of phosphoric ester groups is 2. The average Bonchev–Trinajstić information content (AvgIpc) is 1.87. The van der Waals surface area contributed by atoms with Gasteiger partial charge in [0.15, 0.2) is 12.2 Å². The third kappa shape index (κ3) is 69.0. The minimum atomic E-state index is -4.96. The Morgan fingerprint density at radius 1 is 0.295 bits per heavy atom. The van der Waals surface area contributed by atoms with Crippen molar-refractivity contribution in [3.63, 3.8) is 0 Å². The van der Waals surface area contributed by atoms with Crippen LogP contribution in [-0.4, -0.2) is 96.7 Å². The maximum Gasteiger partial charge on any atom is 0.472 e. The molecule has 3 N–H and O–H groups in total. The van der Waals surface area contributed by atoms with Crippen LogP contribution in [0, 0.1) is 5.92 Å². The summed E-state index contributed by atoms with van der Waals surface area (Å²) in [7, 11) is -9.91. The predicted octanol–water partition coefficient (Wildman–Crippen LogP) is 22.5. The molecule has 0 amide bonds. The van der Waals surface area contributed by atoms with Crippen molar-refractivity contribution in [3.8, 4) is 0 Å². The van der Waals surface area contributed by atoms with E-state index in [0.717, 1.165) is 95.8 Å². The molecular formula is C76H148O17P2. The van der Waals surface area contributed by atoms with Gasteiger partial charge in [-0.3, -0.25) is 37.3 Å². The largest absolute Gasteiger partial charge is 0.472 e. The Labute approximate surface area is 581 Å². The SMILES string of the molecule is CCCCCCCCCCCCCCCCCCC(=O)OC[C@H](COP(=O)(O)OC[C@@H](O)COP(=O)(O)OC[C@@H](COC(=O)CCCCCCCCCCC)OC(=O)CCCCCCCCCCCCC(C)CC)OC(=O)CCCCCCCCCCCCCCCCCC. The van der Waals surface area contributed by atoms with Crippen molar-refractivity contribution >= 4 is 39.5 Å². The number of aliphatic hydroxyl groups is 1. The van der Waals surface area contributed by atoms with Crippen molar-refractivity contribution in [2.75, 3.05) is 39.6 Å². The zero-order chi connectivity index (χ0) is 69.8. The van der Waals surface area contributed by atoms with Crippen LogP contribution in [-0.2, 0) is 65.4 Å². The molecular weight excluding hydrogens is 1250 g/mol. The quantitative estimate of drug-likeness (QED) is 0.0222. The van der Waals surface area contributed by atoms with Gasteiger partial charge < -0.3 is 33.8 Å². The van der Waals surface area contributed by atoms with Crippen molar-refractivity contribution in [2.45, 2.75) is 419 Å². The molecule has 95 heavy (non-hydrogen) atoms. The number of hydrogen-bond donors (Lipinski definition) is 3. The van der Waals surface area contributed by atoms with E-state index in [2.05, 4.69) is 34.6 Å². The summed E-state index contributed by atoms with van der Waals surface area (Å²) in [6.45, 7) is 7.31. The molecule has 0 aromatic rings. The molecule has 6 atom stereocenters. The van der Waals surface area contributed by atoms with E-state index in [1.165, 1.54) is 225 Å². The van der Waals surface area contributed by atoms with E-state index >= 15 is 0 Å². The molecule has 0 aliphatic rings. The Bertz CT molecular complexity index is 1820. The fourth-order valence-corrected chi connectivity index (χ4v) is 13.3. The summed E-state index contributed by atoms with van der Waals surface area (Å²) >= 11 is 0. The molecule has 564 valence electrons. The first kappa shape index (κ1) is 93.1. The van der Waals surface area contributed by atoms with Crippen LogP contribution in [0.2, 0.25) is 0 Å². The van der Waals surface area contributed by atoms with Crippen LogP contribution in [0.1, 0.15) is 401 Å². The van der Waals surface area contributed by atoms with E-state index in [1.807, 2.05) is 0 Å². The van der Waals surface area contributed by atoms with Gasteiger partial charge in [-0.2, -0.15) is 0 Å². The van der Waals surface area contributed by atoms with E-state index in [4.69, 9.17) is 37.0 Å². The Morgan fingerprint density at radius 3 is 0.747 bits per heavy atom. The summed E-state index contributed by atoms with van der Waals surface area (Å²) in [4.78, 5) is 72.8. The van der Waals surface area contributed by atoms with Crippen molar-refractivity contribution in [2.24, 2.45) is 5.92 Å². The molecule has 0 aromatic carbocycles. The fourth-order valence-electron chi connectivity index (χ4n) is 11.7. The molecule has 0 saturated carbocycles. The van der Waals surface area contributed by atoms with E-state index < -0.39 is 97.5 Å². The minimum Gasteiger partial charge on any atom is -0.462 e. The molecule has 19 heteroatoms. The lowest BCUT2D eigenvalue weighted by Crippen LogP contribution is -2.30. The smallest absolute Gasteiger partial charge is 0.462 e. The van der Waals surface area contributed by atoms with Gasteiger partial charge >= 0.3 is 39.5 Å². The molecule has 0 heterocycles. The average molecular weight is 1400 g/mol. The van der Waals surface area contributed by atoms with Gasteiger partial charge in [-0.15, -0.1) is 0 Å². The summed E-state index contributed by atoms with van der Waals surface area (Å²) in [5.74, 6) is -1.31. The van der Waals surface area contributed by atoms with Gasteiger partial charge in [0.2, 0.25) is 0 Å². The van der Waals surface area contributed by atoms with Crippen LogP contribution in [0.25, 0.3) is 0 Å². The van der Waals surface area contributed by atoms with Gasteiger partial charge in [-0.05, 0) is 31.6 Å². The second kappa shape index (κ2) is 69.2. The fraction of sp³-hybridized carbons (Fsp3) is 0.947. The first-order chi connectivity index (χ1) is 46.1. The maximum absolute atomic E-state index is 13.1. The van der Waals surface area contributed by atoms with Crippen molar-refractivity contribution in [3.05, 3.63) is 0 Å². The third-order valence-corrected chi connectivity index (χ3v) is 20.0. The molecule has 0 fully saturated rings. The molecule has 0 aromatic heterocycles. The molecule has 0 aliphatic carbocycles. The lowest BCUT2D eigenvalue weighted by molar-refractivity contribution is -0.161. The van der Waals surface area contributed by atoms with Crippen molar-refractivity contribution in [1.29, 1.82) is 0 Å². The number of aliphatic hydroxyl groups excluding tert-OH is 1. The lowest BCUT2D eigenvalue weighted by atomic mass is 9.99. The van der Waals surface area contributed by atoms with E-state index in [1.54, 1.807) is 0 Å². The number of hydrogen-bond acceptors (Lipinski definition) is 15. The molecule has 0 aliphatic heterocycles. The minimum absolute atomic E-state index is 0.107. The summed E-state index contributed by atoms with van der Waals surface area (Å²) < 4.78 is 68.5. The first-order valence-electron chi connectivity index (χ1n) is 39.7. The first-order valence-corrected chi connectivity index (χ1v) is 42.7. The molecule has 3 unspecified atom stereocenters. The molecule has 0 saturated heterocycles. The number of carbonyl (C=O) groups excluding carboxylic acids is 4. The van der Waals surface area contributed by atoms with E-state index in [0.29, 0.717) is 25.7 Å². The molecule has 0 rings (SSSR count). The Kier molecular flexibility index (Phi) is 67.7. The zero-order valence-corrected chi connectivity index (χ0v) is 63.6. The Hall–Kier alpha value is -1.94. The summed E-state index contributed by atoms with van der Waals surface area (Å²) in [5.41, 5.74) is 0. The van der Waals surface area contributed by atoms with Crippen LogP contribution in [0.5, 0.6) is 0 Å². The van der Waals surface area contributed by atoms with Gasteiger partial charge in [0.05, 0.1) is 26.4 Å². The molecule has 0 bridgehead atoms. The second-order valence-electron chi connectivity index (χ2n) is 27.6. The van der Waals surface area contributed by atoms with E-state index in [9.17, 15) is 43.2 Å². The van der Waals surface area contributed by atoms with Gasteiger partial charge in [0.1, 0.15) is 19.3 Å². The van der Waals surface area contributed by atoms with Crippen LogP contribution < -0.4 is 0 Å². The third-order valence-electron chi connectivity index (χ3n) is 18.1. The molecule has 0 spiro atoms. The van der Waals surface area contributed by atoms with Crippen LogP contribution >= 0.6 is 15.6 Å². The topological polar surface area (TPSA) is 237 Å². The lowest BCUT2D eigenvalue weighted by Gasteiger charge is -2.21. The number of carbonyl (C=O) groups is 4. The summed E-state index contributed by atoms with van der Waals surface area (Å²) in [6.07, 6.45) is 58.1. The van der Waals surface area contributed by atoms with Gasteiger partial charge in [-0.1, -0.05) is 349 Å². The highest BCUT2D eigenvalue weighted by Crippen LogP contribution is 2.45. The number of esters is 4. The number of ether oxygens (including phenoxy) is 4. The molecule has 17 nitrogen and oxygen atoms in total. The number of rotatable bonds is 76. The van der Waals surface area contributed by atoms with Crippen LogP contribution in [0.3, 0.4) is 0 Å². The Balaban J connectivity index is 5.24. The number of phosphoric acid groups is 2. The highest BCUT2D eigenvalue weighted by Gasteiger charge is 2.30.